The summed E-state index contributed by atoms with van der Waals surface area (Å²) < 4.78 is 10.5. The van der Waals surface area contributed by atoms with Gasteiger partial charge >= 0.3 is 6.03 Å². The number of hydrogen-bond donors (Lipinski definition) is 3. The second-order valence-electron chi connectivity index (χ2n) is 5.25. The van der Waals surface area contributed by atoms with E-state index in [0.717, 1.165) is 0 Å². The smallest absolute Gasteiger partial charge is 0.320 e. The molecule has 8 nitrogen and oxygen atoms in total. The van der Waals surface area contributed by atoms with Gasteiger partial charge < -0.3 is 20.1 Å². The molecule has 1 aromatic carbocycles. The molecule has 2 aromatic rings. The van der Waals surface area contributed by atoms with E-state index in [-0.39, 0.29) is 12.1 Å². The van der Waals surface area contributed by atoms with E-state index in [4.69, 9.17) is 9.47 Å². The largest absolute Gasteiger partial charge is 0.497 e. The van der Waals surface area contributed by atoms with Crippen LogP contribution in [0.2, 0.25) is 0 Å². The molecule has 0 aliphatic heterocycles. The van der Waals surface area contributed by atoms with Gasteiger partial charge in [-0.2, -0.15) is 0 Å². The van der Waals surface area contributed by atoms with E-state index in [1.165, 1.54) is 0 Å². The third kappa shape index (κ3) is 4.73. The first-order chi connectivity index (χ1) is 11.5. The van der Waals surface area contributed by atoms with Crippen LogP contribution in [0.3, 0.4) is 0 Å². The maximum absolute atomic E-state index is 11.6. The SMILES string of the molecule is COc1ccc(OC)c(Nc2ccc(NC(=O)NC(C)C)nn2)c1. The summed E-state index contributed by atoms with van der Waals surface area (Å²) in [5, 5.41) is 16.4. The number of nitrogens with one attached hydrogen (secondary N) is 3. The fraction of sp³-hybridized carbons (Fsp3) is 0.312. The predicted molar refractivity (Wildman–Crippen MR) is 92.2 cm³/mol. The zero-order valence-corrected chi connectivity index (χ0v) is 14.1. The van der Waals surface area contributed by atoms with Gasteiger partial charge in [-0.05, 0) is 38.1 Å². The van der Waals surface area contributed by atoms with E-state index in [1.807, 2.05) is 13.8 Å². The Labute approximate surface area is 140 Å². The van der Waals surface area contributed by atoms with Crippen LogP contribution in [-0.4, -0.2) is 36.5 Å². The minimum Gasteiger partial charge on any atom is -0.497 e. The summed E-state index contributed by atoms with van der Waals surface area (Å²) in [7, 11) is 3.17. The number of benzene rings is 1. The normalized spacial score (nSPS) is 10.2. The zero-order valence-electron chi connectivity index (χ0n) is 14.1. The molecule has 0 radical (unpaired) electrons. The topological polar surface area (TPSA) is 97.4 Å². The number of aromatic nitrogens is 2. The number of amides is 2. The second kappa shape index (κ2) is 8.00. The molecular formula is C16H21N5O3. The number of methoxy groups -OCH3 is 2. The molecule has 0 fully saturated rings. The number of carbonyl (C=O) groups is 1. The molecule has 0 bridgehead atoms. The van der Waals surface area contributed by atoms with Gasteiger partial charge in [-0.1, -0.05) is 0 Å². The van der Waals surface area contributed by atoms with Crippen LogP contribution in [0.5, 0.6) is 11.5 Å². The van der Waals surface area contributed by atoms with Gasteiger partial charge in [0.1, 0.15) is 11.5 Å². The molecule has 1 aromatic heterocycles. The number of ether oxygens (including phenoxy) is 2. The van der Waals surface area contributed by atoms with Crippen molar-refractivity contribution in [2.24, 2.45) is 0 Å². The van der Waals surface area contributed by atoms with E-state index in [2.05, 4.69) is 26.1 Å². The van der Waals surface area contributed by atoms with Crippen LogP contribution in [0.25, 0.3) is 0 Å². The molecule has 0 unspecified atom stereocenters. The highest BCUT2D eigenvalue weighted by Crippen LogP contribution is 2.30. The summed E-state index contributed by atoms with van der Waals surface area (Å²) in [6.45, 7) is 3.75. The Morgan fingerprint density at radius 2 is 1.75 bits per heavy atom. The number of anilines is 3. The molecule has 2 rings (SSSR count). The molecule has 0 aliphatic carbocycles. The molecule has 2 amide bonds. The molecule has 0 aliphatic rings. The maximum Gasteiger partial charge on any atom is 0.320 e. The van der Waals surface area contributed by atoms with Gasteiger partial charge in [0.05, 0.1) is 19.9 Å². The highest BCUT2D eigenvalue weighted by atomic mass is 16.5. The Hall–Kier alpha value is -3.03. The highest BCUT2D eigenvalue weighted by molar-refractivity contribution is 5.88. The molecule has 128 valence electrons. The molecule has 8 heteroatoms. The van der Waals surface area contributed by atoms with Crippen molar-refractivity contribution in [2.75, 3.05) is 24.9 Å². The van der Waals surface area contributed by atoms with E-state index in [9.17, 15) is 4.79 Å². The third-order valence-corrected chi connectivity index (χ3v) is 3.00. The lowest BCUT2D eigenvalue weighted by Gasteiger charge is -2.12. The predicted octanol–water partition coefficient (Wildman–Crippen LogP) is 2.77. The lowest BCUT2D eigenvalue weighted by Crippen LogP contribution is -2.34. The summed E-state index contributed by atoms with van der Waals surface area (Å²) in [5.74, 6) is 2.21. The van der Waals surface area contributed by atoms with E-state index in [1.54, 1.807) is 44.6 Å². The first kappa shape index (κ1) is 17.3. The van der Waals surface area contributed by atoms with Crippen molar-refractivity contribution in [3.8, 4) is 11.5 Å². The summed E-state index contributed by atoms with van der Waals surface area (Å²) in [4.78, 5) is 11.6. The summed E-state index contributed by atoms with van der Waals surface area (Å²) in [6, 6.07) is 8.46. The summed E-state index contributed by atoms with van der Waals surface area (Å²) in [5.41, 5.74) is 0.699. The van der Waals surface area contributed by atoms with Crippen molar-refractivity contribution in [3.05, 3.63) is 30.3 Å². The van der Waals surface area contributed by atoms with Crippen molar-refractivity contribution in [1.82, 2.24) is 15.5 Å². The number of rotatable bonds is 6. The van der Waals surface area contributed by atoms with Gasteiger partial charge in [-0.3, -0.25) is 5.32 Å². The Morgan fingerprint density at radius 1 is 1.04 bits per heavy atom. The number of urea groups is 1. The zero-order chi connectivity index (χ0) is 17.5. The van der Waals surface area contributed by atoms with Crippen molar-refractivity contribution in [2.45, 2.75) is 19.9 Å². The number of hydrogen-bond acceptors (Lipinski definition) is 6. The first-order valence-corrected chi connectivity index (χ1v) is 7.42. The lowest BCUT2D eigenvalue weighted by atomic mass is 10.2. The van der Waals surface area contributed by atoms with Gasteiger partial charge in [0.15, 0.2) is 11.6 Å². The summed E-state index contributed by atoms with van der Waals surface area (Å²) >= 11 is 0. The van der Waals surface area contributed by atoms with Crippen LogP contribution in [0.4, 0.5) is 22.1 Å². The van der Waals surface area contributed by atoms with E-state index in [0.29, 0.717) is 28.8 Å². The average Bonchev–Trinajstić information content (AvgIpc) is 2.55. The van der Waals surface area contributed by atoms with E-state index >= 15 is 0 Å². The molecular weight excluding hydrogens is 310 g/mol. The lowest BCUT2D eigenvalue weighted by molar-refractivity contribution is 0.250. The van der Waals surface area contributed by atoms with Crippen LogP contribution < -0.4 is 25.4 Å². The van der Waals surface area contributed by atoms with Crippen LogP contribution in [0.15, 0.2) is 30.3 Å². The van der Waals surface area contributed by atoms with Gasteiger partial charge in [0.25, 0.3) is 0 Å². The number of carbonyl (C=O) groups excluding carboxylic acids is 1. The molecule has 0 spiro atoms. The van der Waals surface area contributed by atoms with Crippen molar-refractivity contribution in [3.63, 3.8) is 0 Å². The minimum absolute atomic E-state index is 0.0411. The van der Waals surface area contributed by atoms with Crippen LogP contribution in [0, 0.1) is 0 Å². The molecule has 0 saturated heterocycles. The first-order valence-electron chi connectivity index (χ1n) is 7.42. The maximum atomic E-state index is 11.6. The fourth-order valence-corrected chi connectivity index (χ4v) is 1.93. The van der Waals surface area contributed by atoms with Crippen molar-refractivity contribution in [1.29, 1.82) is 0 Å². The van der Waals surface area contributed by atoms with Gasteiger partial charge in [0.2, 0.25) is 0 Å². The highest BCUT2D eigenvalue weighted by Gasteiger charge is 2.08. The van der Waals surface area contributed by atoms with Gasteiger partial charge in [-0.15, -0.1) is 10.2 Å². The quantitative estimate of drug-likeness (QED) is 0.753. The second-order valence-corrected chi connectivity index (χ2v) is 5.25. The van der Waals surface area contributed by atoms with Crippen LogP contribution in [-0.2, 0) is 0 Å². The monoisotopic (exact) mass is 331 g/mol. The third-order valence-electron chi connectivity index (χ3n) is 3.00. The van der Waals surface area contributed by atoms with Crippen molar-refractivity contribution >= 4 is 23.4 Å². The van der Waals surface area contributed by atoms with Crippen LogP contribution >= 0.6 is 0 Å². The van der Waals surface area contributed by atoms with Crippen molar-refractivity contribution < 1.29 is 14.3 Å². The van der Waals surface area contributed by atoms with E-state index < -0.39 is 0 Å². The standard InChI is InChI=1S/C16H21N5O3/c1-10(2)17-16(22)19-15-8-7-14(20-21-15)18-12-9-11(23-3)5-6-13(12)24-4/h5-10H,1-4H3,(H,18,20)(H2,17,19,21,22). The number of nitrogens with zero attached hydrogens (tertiary/aromatic N) is 2. The Balaban J connectivity index is 2.07. The minimum atomic E-state index is -0.325. The Morgan fingerprint density at radius 3 is 2.33 bits per heavy atom. The molecule has 3 N–H and O–H groups in total. The van der Waals surface area contributed by atoms with Crippen LogP contribution in [0.1, 0.15) is 13.8 Å². The molecule has 1 heterocycles. The summed E-state index contributed by atoms with van der Waals surface area (Å²) in [6.07, 6.45) is 0. The molecule has 0 saturated carbocycles. The molecule has 0 atom stereocenters. The van der Waals surface area contributed by atoms with Gasteiger partial charge in [0, 0.05) is 12.1 Å². The van der Waals surface area contributed by atoms with Gasteiger partial charge in [-0.25, -0.2) is 4.79 Å². The Bertz CT molecular complexity index is 689. The Kier molecular flexibility index (Phi) is 5.78. The molecule has 24 heavy (non-hydrogen) atoms. The fourth-order valence-electron chi connectivity index (χ4n) is 1.93. The average molecular weight is 331 g/mol.